The van der Waals surface area contributed by atoms with Gasteiger partial charge in [0.05, 0.1) is 6.61 Å². The predicted octanol–water partition coefficient (Wildman–Crippen LogP) is 6.30. The van der Waals surface area contributed by atoms with E-state index in [-0.39, 0.29) is 5.97 Å². The highest BCUT2D eigenvalue weighted by Gasteiger charge is 2.32. The molecular formula is C20H39O2P. The number of ether oxygens (including phenoxy) is 1. The van der Waals surface area contributed by atoms with E-state index < -0.39 is 0 Å². The summed E-state index contributed by atoms with van der Waals surface area (Å²) < 4.78 is 5.37. The van der Waals surface area contributed by atoms with Gasteiger partial charge < -0.3 is 4.74 Å². The predicted molar refractivity (Wildman–Crippen MR) is 105 cm³/mol. The van der Waals surface area contributed by atoms with Gasteiger partial charge in [0.2, 0.25) is 0 Å². The van der Waals surface area contributed by atoms with Gasteiger partial charge in [0.15, 0.2) is 0 Å². The summed E-state index contributed by atoms with van der Waals surface area (Å²) >= 11 is 0. The Morgan fingerprint density at radius 3 is 2.00 bits per heavy atom. The van der Waals surface area contributed by atoms with Crippen molar-refractivity contribution in [1.82, 2.24) is 0 Å². The van der Waals surface area contributed by atoms with E-state index in [1.807, 2.05) is 0 Å². The molecule has 2 atom stereocenters. The van der Waals surface area contributed by atoms with Crippen LogP contribution in [0.3, 0.4) is 0 Å². The second-order valence-electron chi connectivity index (χ2n) is 6.98. The Hall–Kier alpha value is -0.360. The van der Waals surface area contributed by atoms with E-state index in [9.17, 15) is 4.79 Å². The van der Waals surface area contributed by atoms with Gasteiger partial charge in [-0.1, -0.05) is 65.9 Å². The second-order valence-corrected chi connectivity index (χ2v) is 8.13. The Kier molecular flexibility index (Phi) is 12.8. The van der Waals surface area contributed by atoms with Crippen molar-refractivity contribution < 1.29 is 9.53 Å². The van der Waals surface area contributed by atoms with Crippen LogP contribution in [0.2, 0.25) is 0 Å². The Morgan fingerprint density at radius 2 is 1.57 bits per heavy atom. The maximum absolute atomic E-state index is 11.6. The zero-order valence-corrected chi connectivity index (χ0v) is 17.1. The smallest absolute Gasteiger partial charge is 0.333 e. The Morgan fingerprint density at radius 1 is 1.04 bits per heavy atom. The Bertz CT molecular complexity index is 331. The fourth-order valence-corrected chi connectivity index (χ4v) is 3.87. The lowest BCUT2D eigenvalue weighted by atomic mass is 9.78. The van der Waals surface area contributed by atoms with Gasteiger partial charge in [0.25, 0.3) is 0 Å². The van der Waals surface area contributed by atoms with Crippen LogP contribution in [0.4, 0.5) is 0 Å². The minimum atomic E-state index is -0.254. The maximum Gasteiger partial charge on any atom is 0.333 e. The molecule has 0 aromatic rings. The van der Waals surface area contributed by atoms with Crippen LogP contribution >= 0.6 is 9.24 Å². The Labute approximate surface area is 147 Å². The third kappa shape index (κ3) is 9.50. The first-order valence-corrected chi connectivity index (χ1v) is 10.1. The molecule has 2 unspecified atom stereocenters. The van der Waals surface area contributed by atoms with Crippen molar-refractivity contribution in [2.75, 3.05) is 6.61 Å². The van der Waals surface area contributed by atoms with E-state index in [1.54, 1.807) is 6.92 Å². The van der Waals surface area contributed by atoms with Crippen molar-refractivity contribution in [1.29, 1.82) is 0 Å². The lowest BCUT2D eigenvalue weighted by molar-refractivity contribution is -0.139. The summed E-state index contributed by atoms with van der Waals surface area (Å²) in [6.07, 6.45) is 12.3. The molecule has 0 N–H and O–H groups in total. The van der Waals surface area contributed by atoms with Crippen molar-refractivity contribution in [2.24, 2.45) is 5.92 Å². The van der Waals surface area contributed by atoms with E-state index in [0.29, 0.717) is 23.3 Å². The SMILES string of the molecule is C=C(C)C(=O)OCCC(CCCC)C(P)(CCCC)CCCC. The van der Waals surface area contributed by atoms with E-state index in [2.05, 4.69) is 36.6 Å². The van der Waals surface area contributed by atoms with Crippen LogP contribution in [0.15, 0.2) is 12.2 Å². The lowest BCUT2D eigenvalue weighted by Crippen LogP contribution is -2.33. The van der Waals surface area contributed by atoms with Crippen LogP contribution in [0.25, 0.3) is 0 Å². The van der Waals surface area contributed by atoms with Crippen LogP contribution in [-0.2, 0) is 9.53 Å². The summed E-state index contributed by atoms with van der Waals surface area (Å²) in [7, 11) is 3.21. The summed E-state index contributed by atoms with van der Waals surface area (Å²) in [6, 6.07) is 0. The van der Waals surface area contributed by atoms with E-state index in [4.69, 9.17) is 4.74 Å². The highest BCUT2D eigenvalue weighted by molar-refractivity contribution is 7.19. The van der Waals surface area contributed by atoms with Crippen molar-refractivity contribution in [3.05, 3.63) is 12.2 Å². The third-order valence-corrected chi connectivity index (χ3v) is 5.81. The minimum absolute atomic E-state index is 0.254. The summed E-state index contributed by atoms with van der Waals surface area (Å²) in [5.41, 5.74) is 0.490. The monoisotopic (exact) mass is 342 g/mol. The topological polar surface area (TPSA) is 26.3 Å². The second kappa shape index (κ2) is 13.0. The van der Waals surface area contributed by atoms with Crippen molar-refractivity contribution in [2.45, 2.75) is 97.1 Å². The van der Waals surface area contributed by atoms with E-state index >= 15 is 0 Å². The van der Waals surface area contributed by atoms with Crippen molar-refractivity contribution in [3.8, 4) is 0 Å². The normalized spacial score (nSPS) is 12.9. The molecule has 0 spiro atoms. The molecule has 0 heterocycles. The summed E-state index contributed by atoms with van der Waals surface area (Å²) in [4.78, 5) is 11.6. The number of unbranched alkanes of at least 4 members (excludes halogenated alkanes) is 3. The van der Waals surface area contributed by atoms with Crippen LogP contribution in [0.5, 0.6) is 0 Å². The largest absolute Gasteiger partial charge is 0.462 e. The minimum Gasteiger partial charge on any atom is -0.462 e. The molecule has 3 heteroatoms. The molecule has 0 aromatic heterocycles. The van der Waals surface area contributed by atoms with Gasteiger partial charge in [-0.25, -0.2) is 4.79 Å². The number of carbonyl (C=O) groups is 1. The first-order chi connectivity index (χ1) is 10.9. The fourth-order valence-electron chi connectivity index (χ4n) is 3.13. The average Bonchev–Trinajstić information content (AvgIpc) is 2.53. The molecule has 2 nitrogen and oxygen atoms in total. The van der Waals surface area contributed by atoms with Crippen LogP contribution in [0.1, 0.15) is 91.9 Å². The van der Waals surface area contributed by atoms with Crippen molar-refractivity contribution in [3.63, 3.8) is 0 Å². The van der Waals surface area contributed by atoms with Gasteiger partial charge in [-0.2, -0.15) is 0 Å². The molecule has 0 aliphatic carbocycles. The summed E-state index contributed by atoms with van der Waals surface area (Å²) in [5, 5.41) is 0.302. The van der Waals surface area contributed by atoms with Crippen LogP contribution in [0, 0.1) is 5.92 Å². The van der Waals surface area contributed by atoms with Gasteiger partial charge in [-0.05, 0) is 43.7 Å². The molecular weight excluding hydrogens is 303 g/mol. The number of hydrogen-bond acceptors (Lipinski definition) is 2. The molecule has 0 radical (unpaired) electrons. The molecule has 0 fully saturated rings. The molecule has 136 valence electrons. The highest BCUT2D eigenvalue weighted by Crippen LogP contribution is 2.42. The number of esters is 1. The van der Waals surface area contributed by atoms with Gasteiger partial charge in [0, 0.05) is 5.57 Å². The van der Waals surface area contributed by atoms with Gasteiger partial charge in [-0.15, -0.1) is 9.24 Å². The summed E-state index contributed by atoms with van der Waals surface area (Å²) in [6.45, 7) is 12.7. The molecule has 0 aliphatic rings. The van der Waals surface area contributed by atoms with E-state index in [0.717, 1.165) is 6.42 Å². The average molecular weight is 343 g/mol. The molecule has 0 saturated heterocycles. The molecule has 0 saturated carbocycles. The summed E-state index contributed by atoms with van der Waals surface area (Å²) in [5.74, 6) is 0.360. The van der Waals surface area contributed by atoms with Gasteiger partial charge in [-0.3, -0.25) is 0 Å². The van der Waals surface area contributed by atoms with E-state index in [1.165, 1.54) is 57.8 Å². The van der Waals surface area contributed by atoms with Gasteiger partial charge in [0.1, 0.15) is 0 Å². The van der Waals surface area contributed by atoms with Crippen LogP contribution < -0.4 is 0 Å². The molecule has 0 rings (SSSR count). The number of carbonyl (C=O) groups excluding carboxylic acids is 1. The fraction of sp³-hybridized carbons (Fsp3) is 0.850. The highest BCUT2D eigenvalue weighted by atomic mass is 31.0. The standard InChI is InChI=1S/C20H39O2P/c1-6-9-12-18(13-16-22-19(21)17(4)5)20(23,14-10-7-2)15-11-8-3/h18H,4,6-16,23H2,1-3,5H3. The first kappa shape index (κ1) is 22.6. The van der Waals surface area contributed by atoms with Gasteiger partial charge >= 0.3 is 5.97 Å². The lowest BCUT2D eigenvalue weighted by Gasteiger charge is -2.38. The molecule has 0 aliphatic heterocycles. The van der Waals surface area contributed by atoms with Crippen LogP contribution in [-0.4, -0.2) is 17.7 Å². The number of rotatable bonds is 14. The maximum atomic E-state index is 11.6. The zero-order valence-electron chi connectivity index (χ0n) is 16.0. The molecule has 0 aromatic carbocycles. The molecule has 0 bridgehead atoms. The molecule has 23 heavy (non-hydrogen) atoms. The number of hydrogen-bond donors (Lipinski definition) is 0. The zero-order chi connectivity index (χ0) is 17.7. The third-order valence-electron chi connectivity index (χ3n) is 4.76. The molecule has 0 amide bonds. The first-order valence-electron chi connectivity index (χ1n) is 9.52. The quantitative estimate of drug-likeness (QED) is 0.210. The van der Waals surface area contributed by atoms with Crippen molar-refractivity contribution >= 4 is 15.2 Å². The Balaban J connectivity index is 4.81.